The fourth-order valence-electron chi connectivity index (χ4n) is 1.40. The normalized spacial score (nSPS) is 10.3. The van der Waals surface area contributed by atoms with Gasteiger partial charge in [-0.25, -0.2) is 4.98 Å². The van der Waals surface area contributed by atoms with Crippen LogP contribution in [0.25, 0.3) is 10.6 Å². The molecule has 0 spiro atoms. The van der Waals surface area contributed by atoms with Crippen molar-refractivity contribution in [2.24, 2.45) is 0 Å². The molecule has 15 heavy (non-hydrogen) atoms. The van der Waals surface area contributed by atoms with Gasteiger partial charge in [-0.3, -0.25) is 0 Å². The van der Waals surface area contributed by atoms with Crippen LogP contribution in [0.2, 0.25) is 0 Å². The van der Waals surface area contributed by atoms with E-state index in [0.29, 0.717) is 0 Å². The standard InChI is InChI=1S/C12H14N2S/c1-3-9-4-6-10(7-5-9)12-14-11(13-2)8-15-12/h4-8,13H,3H2,1-2H3. The summed E-state index contributed by atoms with van der Waals surface area (Å²) in [4.78, 5) is 4.46. The number of nitrogens with one attached hydrogen (secondary N) is 1. The summed E-state index contributed by atoms with van der Waals surface area (Å²) in [5.41, 5.74) is 2.56. The maximum Gasteiger partial charge on any atom is 0.137 e. The molecule has 0 bridgehead atoms. The fraction of sp³-hybridized carbons (Fsp3) is 0.250. The summed E-state index contributed by atoms with van der Waals surface area (Å²) >= 11 is 1.67. The third-order valence-electron chi connectivity index (χ3n) is 2.37. The average molecular weight is 218 g/mol. The molecule has 78 valence electrons. The Kier molecular flexibility index (Phi) is 3.02. The summed E-state index contributed by atoms with van der Waals surface area (Å²) in [5.74, 6) is 0.939. The lowest BCUT2D eigenvalue weighted by atomic mass is 10.1. The van der Waals surface area contributed by atoms with Gasteiger partial charge in [-0.2, -0.15) is 0 Å². The quantitative estimate of drug-likeness (QED) is 0.854. The number of benzene rings is 1. The highest BCUT2D eigenvalue weighted by Gasteiger charge is 2.02. The topological polar surface area (TPSA) is 24.9 Å². The van der Waals surface area contributed by atoms with Gasteiger partial charge in [0, 0.05) is 18.0 Å². The van der Waals surface area contributed by atoms with E-state index in [1.165, 1.54) is 11.1 Å². The number of aromatic nitrogens is 1. The van der Waals surface area contributed by atoms with Crippen LogP contribution in [0.3, 0.4) is 0 Å². The molecule has 0 saturated carbocycles. The second-order valence-electron chi connectivity index (χ2n) is 3.34. The third-order valence-corrected chi connectivity index (χ3v) is 3.26. The van der Waals surface area contributed by atoms with Crippen molar-refractivity contribution in [1.29, 1.82) is 0 Å². The predicted octanol–water partition coefficient (Wildman–Crippen LogP) is 3.41. The summed E-state index contributed by atoms with van der Waals surface area (Å²) in [5, 5.41) is 6.14. The molecule has 1 N–H and O–H groups in total. The lowest BCUT2D eigenvalue weighted by molar-refractivity contribution is 1.14. The van der Waals surface area contributed by atoms with Crippen molar-refractivity contribution in [2.75, 3.05) is 12.4 Å². The lowest BCUT2D eigenvalue weighted by Crippen LogP contribution is -1.87. The Hall–Kier alpha value is -1.35. The van der Waals surface area contributed by atoms with E-state index >= 15 is 0 Å². The minimum Gasteiger partial charge on any atom is -0.372 e. The highest BCUT2D eigenvalue weighted by molar-refractivity contribution is 7.13. The summed E-state index contributed by atoms with van der Waals surface area (Å²) in [7, 11) is 1.89. The van der Waals surface area contributed by atoms with Crippen molar-refractivity contribution < 1.29 is 0 Å². The van der Waals surface area contributed by atoms with E-state index in [1.54, 1.807) is 11.3 Å². The molecule has 1 aromatic heterocycles. The van der Waals surface area contributed by atoms with Crippen molar-refractivity contribution in [3.8, 4) is 10.6 Å². The Morgan fingerprint density at radius 1 is 1.27 bits per heavy atom. The molecular weight excluding hydrogens is 204 g/mol. The summed E-state index contributed by atoms with van der Waals surface area (Å²) < 4.78 is 0. The Balaban J connectivity index is 2.28. The summed E-state index contributed by atoms with van der Waals surface area (Å²) in [6.45, 7) is 2.16. The first-order valence-corrected chi connectivity index (χ1v) is 5.94. The number of rotatable bonds is 3. The highest BCUT2D eigenvalue weighted by atomic mass is 32.1. The van der Waals surface area contributed by atoms with E-state index in [4.69, 9.17) is 0 Å². The number of hydrogen-bond donors (Lipinski definition) is 1. The molecule has 2 rings (SSSR count). The van der Waals surface area contributed by atoms with E-state index in [0.717, 1.165) is 17.2 Å². The summed E-state index contributed by atoms with van der Waals surface area (Å²) in [6.07, 6.45) is 1.08. The van der Waals surface area contributed by atoms with Gasteiger partial charge >= 0.3 is 0 Å². The van der Waals surface area contributed by atoms with Gasteiger partial charge in [-0.15, -0.1) is 11.3 Å². The van der Waals surface area contributed by atoms with Crippen molar-refractivity contribution in [1.82, 2.24) is 4.98 Å². The van der Waals surface area contributed by atoms with Crippen LogP contribution in [0.15, 0.2) is 29.6 Å². The van der Waals surface area contributed by atoms with Gasteiger partial charge in [0.05, 0.1) is 0 Å². The molecule has 2 nitrogen and oxygen atoms in total. The van der Waals surface area contributed by atoms with Crippen molar-refractivity contribution >= 4 is 17.2 Å². The Morgan fingerprint density at radius 2 is 2.00 bits per heavy atom. The first kappa shape index (κ1) is 10.2. The smallest absolute Gasteiger partial charge is 0.137 e. The molecule has 0 saturated heterocycles. The van der Waals surface area contributed by atoms with Crippen LogP contribution in [-0.2, 0) is 6.42 Å². The van der Waals surface area contributed by atoms with Gasteiger partial charge < -0.3 is 5.32 Å². The molecular formula is C12H14N2S. The van der Waals surface area contributed by atoms with Gasteiger partial charge in [0.1, 0.15) is 10.8 Å². The van der Waals surface area contributed by atoms with Gasteiger partial charge in [-0.1, -0.05) is 31.2 Å². The molecule has 0 aliphatic rings. The number of anilines is 1. The highest BCUT2D eigenvalue weighted by Crippen LogP contribution is 2.25. The molecule has 0 aliphatic heterocycles. The Morgan fingerprint density at radius 3 is 2.53 bits per heavy atom. The first-order valence-electron chi connectivity index (χ1n) is 5.06. The lowest BCUT2D eigenvalue weighted by Gasteiger charge is -1.98. The molecule has 0 radical (unpaired) electrons. The molecule has 0 aliphatic carbocycles. The molecule has 0 fully saturated rings. The van der Waals surface area contributed by atoms with Crippen LogP contribution in [0, 0.1) is 0 Å². The van der Waals surface area contributed by atoms with Crippen LogP contribution >= 0.6 is 11.3 Å². The molecule has 0 amide bonds. The Labute approximate surface area is 94.0 Å². The molecule has 2 aromatic rings. The van der Waals surface area contributed by atoms with Crippen LogP contribution in [0.1, 0.15) is 12.5 Å². The molecule has 0 atom stereocenters. The van der Waals surface area contributed by atoms with Gasteiger partial charge in [0.15, 0.2) is 0 Å². The van der Waals surface area contributed by atoms with E-state index in [9.17, 15) is 0 Å². The number of hydrogen-bond acceptors (Lipinski definition) is 3. The van der Waals surface area contributed by atoms with Crippen LogP contribution in [0.4, 0.5) is 5.82 Å². The third kappa shape index (κ3) is 2.18. The van der Waals surface area contributed by atoms with Crippen molar-refractivity contribution in [3.63, 3.8) is 0 Å². The molecule has 1 heterocycles. The minimum atomic E-state index is 0.939. The van der Waals surface area contributed by atoms with Crippen LogP contribution < -0.4 is 5.32 Å². The zero-order valence-electron chi connectivity index (χ0n) is 8.95. The minimum absolute atomic E-state index is 0.939. The SMILES string of the molecule is CCc1ccc(-c2nc(NC)cs2)cc1. The molecule has 1 aromatic carbocycles. The van der Waals surface area contributed by atoms with E-state index in [1.807, 2.05) is 12.4 Å². The maximum absolute atomic E-state index is 4.46. The van der Waals surface area contributed by atoms with Crippen molar-refractivity contribution in [3.05, 3.63) is 35.2 Å². The predicted molar refractivity (Wildman–Crippen MR) is 66.5 cm³/mol. The zero-order valence-corrected chi connectivity index (χ0v) is 9.77. The fourth-order valence-corrected chi connectivity index (χ4v) is 2.22. The van der Waals surface area contributed by atoms with Gasteiger partial charge in [0.2, 0.25) is 0 Å². The van der Waals surface area contributed by atoms with Crippen molar-refractivity contribution in [2.45, 2.75) is 13.3 Å². The maximum atomic E-state index is 4.46. The van der Waals surface area contributed by atoms with Gasteiger partial charge in [0.25, 0.3) is 0 Å². The monoisotopic (exact) mass is 218 g/mol. The number of nitrogens with zero attached hydrogens (tertiary/aromatic N) is 1. The largest absolute Gasteiger partial charge is 0.372 e. The number of aryl methyl sites for hydroxylation is 1. The number of thiazole rings is 1. The zero-order chi connectivity index (χ0) is 10.7. The first-order chi connectivity index (χ1) is 7.33. The molecule has 0 unspecified atom stereocenters. The van der Waals surface area contributed by atoms with E-state index in [2.05, 4.69) is 41.5 Å². The van der Waals surface area contributed by atoms with Crippen LogP contribution in [0.5, 0.6) is 0 Å². The summed E-state index contributed by atoms with van der Waals surface area (Å²) in [6, 6.07) is 8.60. The van der Waals surface area contributed by atoms with E-state index in [-0.39, 0.29) is 0 Å². The van der Waals surface area contributed by atoms with Crippen LogP contribution in [-0.4, -0.2) is 12.0 Å². The van der Waals surface area contributed by atoms with Gasteiger partial charge in [-0.05, 0) is 12.0 Å². The second kappa shape index (κ2) is 4.45. The molecule has 3 heteroatoms. The Bertz CT molecular complexity index is 431. The second-order valence-corrected chi connectivity index (χ2v) is 4.20. The average Bonchev–Trinajstić information content (AvgIpc) is 2.78. The van der Waals surface area contributed by atoms with E-state index < -0.39 is 0 Å².